The van der Waals surface area contributed by atoms with Gasteiger partial charge in [-0.25, -0.2) is 0 Å². The molecule has 1 N–H and O–H groups in total. The van der Waals surface area contributed by atoms with E-state index in [4.69, 9.17) is 4.74 Å². The van der Waals surface area contributed by atoms with Gasteiger partial charge in [0.1, 0.15) is 5.75 Å². The molecule has 2 rings (SSSR count). The maximum Gasteiger partial charge on any atom is 0.247 e. The summed E-state index contributed by atoms with van der Waals surface area (Å²) in [6, 6.07) is 9.58. The smallest absolute Gasteiger partial charge is 0.247 e. The highest BCUT2D eigenvalue weighted by molar-refractivity contribution is 5.99. The van der Waals surface area contributed by atoms with Crippen LogP contribution in [0.4, 0.5) is 5.69 Å². The number of carbonyl (C=O) groups is 1. The summed E-state index contributed by atoms with van der Waals surface area (Å²) in [6.07, 6.45) is 5.55. The predicted octanol–water partition coefficient (Wildman–Crippen LogP) is 3.58. The zero-order chi connectivity index (χ0) is 15.9. The zero-order valence-electron chi connectivity index (χ0n) is 12.9. The highest BCUT2D eigenvalue weighted by Gasteiger charge is 2.09. The molecule has 0 radical (unpaired) electrons. The molecule has 1 heterocycles. The van der Waals surface area contributed by atoms with E-state index in [1.165, 1.54) is 6.08 Å². The first-order chi connectivity index (χ1) is 10.6. The third-order valence-electron chi connectivity index (χ3n) is 3.04. The molecule has 4 nitrogen and oxygen atoms in total. The highest BCUT2D eigenvalue weighted by Crippen LogP contribution is 2.25. The quantitative estimate of drug-likeness (QED) is 0.829. The Balaban J connectivity index is 2.31. The molecule has 0 aliphatic heterocycles. The van der Waals surface area contributed by atoms with Crippen LogP contribution in [0, 0.1) is 0 Å². The fraction of sp³-hybridized carbons (Fsp3) is 0.222. The van der Waals surface area contributed by atoms with Gasteiger partial charge in [-0.15, -0.1) is 0 Å². The number of rotatable bonds is 6. The van der Waals surface area contributed by atoms with Crippen LogP contribution in [0.15, 0.2) is 55.4 Å². The van der Waals surface area contributed by atoms with Crippen molar-refractivity contribution in [3.63, 3.8) is 0 Å². The minimum Gasteiger partial charge on any atom is -0.491 e. The maximum absolute atomic E-state index is 11.6. The number of hydrogen-bond acceptors (Lipinski definition) is 3. The Kier molecular flexibility index (Phi) is 5.31. The van der Waals surface area contributed by atoms with E-state index in [1.54, 1.807) is 12.4 Å². The average molecular weight is 296 g/mol. The summed E-state index contributed by atoms with van der Waals surface area (Å²) in [7, 11) is 0. The van der Waals surface area contributed by atoms with Crippen molar-refractivity contribution >= 4 is 11.6 Å². The molecule has 1 aromatic heterocycles. The lowest BCUT2D eigenvalue weighted by molar-refractivity contribution is -0.111. The second kappa shape index (κ2) is 7.41. The third kappa shape index (κ3) is 4.45. The van der Waals surface area contributed by atoms with Crippen molar-refractivity contribution in [2.24, 2.45) is 0 Å². The van der Waals surface area contributed by atoms with Crippen molar-refractivity contribution in [2.45, 2.75) is 26.4 Å². The van der Waals surface area contributed by atoms with Crippen LogP contribution in [0.1, 0.15) is 25.0 Å². The topological polar surface area (TPSA) is 51.2 Å². The van der Waals surface area contributed by atoms with E-state index in [9.17, 15) is 4.79 Å². The minimum atomic E-state index is -0.228. The maximum atomic E-state index is 11.6. The Labute approximate surface area is 130 Å². The highest BCUT2D eigenvalue weighted by atomic mass is 16.5. The fourth-order valence-electron chi connectivity index (χ4n) is 2.09. The van der Waals surface area contributed by atoms with Crippen LogP contribution in [0.3, 0.4) is 0 Å². The third-order valence-corrected chi connectivity index (χ3v) is 3.04. The Bertz CT molecular complexity index is 651. The molecule has 1 amide bonds. The number of aromatic nitrogens is 1. The molecule has 0 saturated heterocycles. The van der Waals surface area contributed by atoms with E-state index in [0.29, 0.717) is 6.42 Å². The Hall–Kier alpha value is -2.62. The van der Waals surface area contributed by atoms with Gasteiger partial charge in [0.25, 0.3) is 0 Å². The van der Waals surface area contributed by atoms with Gasteiger partial charge in [0.2, 0.25) is 5.91 Å². The Morgan fingerprint density at radius 2 is 2.05 bits per heavy atom. The molecule has 2 aromatic rings. The van der Waals surface area contributed by atoms with Crippen molar-refractivity contribution in [2.75, 3.05) is 5.32 Å². The van der Waals surface area contributed by atoms with Gasteiger partial charge >= 0.3 is 0 Å². The van der Waals surface area contributed by atoms with Crippen LogP contribution in [0.5, 0.6) is 5.75 Å². The van der Waals surface area contributed by atoms with Crippen LogP contribution in [0.2, 0.25) is 0 Å². The fourth-order valence-corrected chi connectivity index (χ4v) is 2.09. The van der Waals surface area contributed by atoms with Crippen molar-refractivity contribution in [1.82, 2.24) is 4.98 Å². The summed E-state index contributed by atoms with van der Waals surface area (Å²) in [5.41, 5.74) is 2.86. The van der Waals surface area contributed by atoms with Crippen molar-refractivity contribution < 1.29 is 9.53 Å². The van der Waals surface area contributed by atoms with Crippen LogP contribution >= 0.6 is 0 Å². The summed E-state index contributed by atoms with van der Waals surface area (Å²) in [6.45, 7) is 7.45. The number of pyridine rings is 1. The lowest BCUT2D eigenvalue weighted by Crippen LogP contribution is -2.11. The van der Waals surface area contributed by atoms with E-state index in [2.05, 4.69) is 16.9 Å². The number of benzene rings is 1. The number of hydrogen-bond donors (Lipinski definition) is 1. The zero-order valence-corrected chi connectivity index (χ0v) is 12.9. The van der Waals surface area contributed by atoms with Gasteiger partial charge in [-0.05, 0) is 67.8 Å². The summed E-state index contributed by atoms with van der Waals surface area (Å²) >= 11 is 0. The van der Waals surface area contributed by atoms with Crippen molar-refractivity contribution in [3.05, 3.63) is 66.5 Å². The lowest BCUT2D eigenvalue weighted by Gasteiger charge is -2.15. The Morgan fingerprint density at radius 1 is 1.32 bits per heavy atom. The van der Waals surface area contributed by atoms with Crippen LogP contribution in [-0.4, -0.2) is 17.0 Å². The van der Waals surface area contributed by atoms with Gasteiger partial charge in [-0.1, -0.05) is 6.58 Å². The molecule has 22 heavy (non-hydrogen) atoms. The number of carbonyl (C=O) groups excluding carboxylic acids is 1. The first-order valence-electron chi connectivity index (χ1n) is 7.20. The van der Waals surface area contributed by atoms with Gasteiger partial charge in [-0.2, -0.15) is 0 Å². The Morgan fingerprint density at radius 3 is 2.68 bits per heavy atom. The van der Waals surface area contributed by atoms with E-state index in [1.807, 2.05) is 44.2 Å². The number of nitrogens with one attached hydrogen (secondary N) is 1. The predicted molar refractivity (Wildman–Crippen MR) is 88.1 cm³/mol. The molecule has 1 aromatic carbocycles. The molecule has 114 valence electrons. The number of nitrogens with zero attached hydrogens (tertiary/aromatic N) is 1. The van der Waals surface area contributed by atoms with E-state index in [-0.39, 0.29) is 12.0 Å². The SMILES string of the molecule is C=CC(=O)Nc1ccc(OC(C)C)cc1Cc1ccncc1. The molecule has 0 aliphatic rings. The van der Waals surface area contributed by atoms with E-state index in [0.717, 1.165) is 22.6 Å². The monoisotopic (exact) mass is 296 g/mol. The van der Waals surface area contributed by atoms with Gasteiger partial charge < -0.3 is 10.1 Å². The second-order valence-corrected chi connectivity index (χ2v) is 5.21. The van der Waals surface area contributed by atoms with Crippen LogP contribution in [-0.2, 0) is 11.2 Å². The number of anilines is 1. The molecule has 0 bridgehead atoms. The normalized spacial score (nSPS) is 10.3. The molecular formula is C18H20N2O2. The lowest BCUT2D eigenvalue weighted by atomic mass is 10.0. The van der Waals surface area contributed by atoms with Crippen LogP contribution in [0.25, 0.3) is 0 Å². The molecular weight excluding hydrogens is 276 g/mol. The van der Waals surface area contributed by atoms with Gasteiger partial charge in [0, 0.05) is 18.1 Å². The molecule has 4 heteroatoms. The average Bonchev–Trinajstić information content (AvgIpc) is 2.50. The second-order valence-electron chi connectivity index (χ2n) is 5.21. The first kappa shape index (κ1) is 15.8. The molecule has 0 aliphatic carbocycles. The summed E-state index contributed by atoms with van der Waals surface area (Å²) in [5.74, 6) is 0.559. The standard InChI is InChI=1S/C18H20N2O2/c1-4-18(21)20-17-6-5-16(22-13(2)3)12-15(17)11-14-7-9-19-10-8-14/h4-10,12-13H,1,11H2,2-3H3,(H,20,21). The van der Waals surface area contributed by atoms with E-state index >= 15 is 0 Å². The van der Waals surface area contributed by atoms with E-state index < -0.39 is 0 Å². The van der Waals surface area contributed by atoms with Crippen LogP contribution < -0.4 is 10.1 Å². The van der Waals surface area contributed by atoms with Gasteiger partial charge in [0.15, 0.2) is 0 Å². The van der Waals surface area contributed by atoms with Gasteiger partial charge in [-0.3, -0.25) is 9.78 Å². The number of ether oxygens (including phenoxy) is 1. The number of amides is 1. The largest absolute Gasteiger partial charge is 0.491 e. The van der Waals surface area contributed by atoms with Gasteiger partial charge in [0.05, 0.1) is 6.10 Å². The molecule has 0 spiro atoms. The van der Waals surface area contributed by atoms with Crippen molar-refractivity contribution in [1.29, 1.82) is 0 Å². The van der Waals surface area contributed by atoms with Crippen molar-refractivity contribution in [3.8, 4) is 5.75 Å². The summed E-state index contributed by atoms with van der Waals surface area (Å²) in [4.78, 5) is 15.6. The molecule has 0 atom stereocenters. The summed E-state index contributed by atoms with van der Waals surface area (Å²) in [5, 5.41) is 2.83. The molecule has 0 saturated carbocycles. The molecule has 0 fully saturated rings. The summed E-state index contributed by atoms with van der Waals surface area (Å²) < 4.78 is 5.73. The minimum absolute atomic E-state index is 0.0994. The molecule has 0 unspecified atom stereocenters. The first-order valence-corrected chi connectivity index (χ1v) is 7.20.